The zero-order valence-electron chi connectivity index (χ0n) is 18.3. The summed E-state index contributed by atoms with van der Waals surface area (Å²) in [6.45, 7) is 2.45. The fourth-order valence-corrected chi connectivity index (χ4v) is 5.33. The van der Waals surface area contributed by atoms with Crippen molar-refractivity contribution >= 4 is 11.8 Å². The fourth-order valence-electron chi connectivity index (χ4n) is 5.33. The van der Waals surface area contributed by atoms with Crippen LogP contribution in [0.25, 0.3) is 0 Å². The van der Waals surface area contributed by atoms with Gasteiger partial charge in [-0.2, -0.15) is 0 Å². The zero-order chi connectivity index (χ0) is 22.0. The van der Waals surface area contributed by atoms with Crippen molar-refractivity contribution in [3.05, 3.63) is 59.7 Å². The summed E-state index contributed by atoms with van der Waals surface area (Å²) in [5.41, 5.74) is 1.24. The van der Waals surface area contributed by atoms with E-state index in [9.17, 15) is 9.59 Å². The molecule has 2 aliphatic heterocycles. The molecular formula is C26H30N2O4. The van der Waals surface area contributed by atoms with Gasteiger partial charge in [-0.1, -0.05) is 37.1 Å². The van der Waals surface area contributed by atoms with Gasteiger partial charge < -0.3 is 19.7 Å². The van der Waals surface area contributed by atoms with Gasteiger partial charge in [0, 0.05) is 24.7 Å². The van der Waals surface area contributed by atoms with Crippen LogP contribution >= 0.6 is 0 Å². The monoisotopic (exact) mass is 434 g/mol. The molecule has 1 saturated heterocycles. The lowest BCUT2D eigenvalue weighted by molar-refractivity contribution is -0.138. The number of piperidine rings is 1. The van der Waals surface area contributed by atoms with Crippen molar-refractivity contribution < 1.29 is 19.1 Å². The van der Waals surface area contributed by atoms with E-state index in [1.165, 1.54) is 0 Å². The highest BCUT2D eigenvalue weighted by Gasteiger charge is 2.46. The van der Waals surface area contributed by atoms with Gasteiger partial charge in [-0.3, -0.25) is 9.59 Å². The van der Waals surface area contributed by atoms with Gasteiger partial charge in [0.2, 0.25) is 5.91 Å². The van der Waals surface area contributed by atoms with E-state index in [4.69, 9.17) is 9.47 Å². The number of nitrogens with zero attached hydrogens (tertiary/aromatic N) is 1. The van der Waals surface area contributed by atoms with Gasteiger partial charge in [0.15, 0.2) is 11.5 Å². The predicted molar refractivity (Wildman–Crippen MR) is 121 cm³/mol. The molecule has 2 amide bonds. The summed E-state index contributed by atoms with van der Waals surface area (Å²) in [6, 6.07) is 15.4. The smallest absolute Gasteiger partial charge is 0.251 e. The molecule has 2 aromatic rings. The van der Waals surface area contributed by atoms with Crippen LogP contribution in [0.3, 0.4) is 0 Å². The molecule has 1 N–H and O–H groups in total. The Hall–Kier alpha value is -3.02. The van der Waals surface area contributed by atoms with Crippen molar-refractivity contribution in [2.45, 2.75) is 50.0 Å². The van der Waals surface area contributed by atoms with E-state index in [0.29, 0.717) is 31.9 Å². The molecule has 5 rings (SSSR count). The SMILES string of the molecule is O=C(NC1CCN(C(=O)C2(c3ccc4c(c3)OCCO4)CCCC2)CC1)c1ccccc1. The van der Waals surface area contributed by atoms with E-state index >= 15 is 0 Å². The van der Waals surface area contributed by atoms with Crippen molar-refractivity contribution in [1.82, 2.24) is 10.2 Å². The van der Waals surface area contributed by atoms with Gasteiger partial charge in [-0.05, 0) is 55.5 Å². The topological polar surface area (TPSA) is 67.9 Å². The second-order valence-corrected chi connectivity index (χ2v) is 9.05. The maximum absolute atomic E-state index is 13.8. The molecule has 32 heavy (non-hydrogen) atoms. The van der Waals surface area contributed by atoms with Crippen LogP contribution in [0.4, 0.5) is 0 Å². The number of amides is 2. The molecule has 0 bridgehead atoms. The molecule has 0 spiro atoms. The molecular weight excluding hydrogens is 404 g/mol. The first kappa shape index (κ1) is 20.9. The molecule has 6 nitrogen and oxygen atoms in total. The van der Waals surface area contributed by atoms with Crippen LogP contribution in [-0.2, 0) is 10.2 Å². The van der Waals surface area contributed by atoms with Gasteiger partial charge in [0.05, 0.1) is 5.41 Å². The molecule has 2 fully saturated rings. The summed E-state index contributed by atoms with van der Waals surface area (Å²) >= 11 is 0. The van der Waals surface area contributed by atoms with Crippen LogP contribution < -0.4 is 14.8 Å². The number of hydrogen-bond acceptors (Lipinski definition) is 4. The summed E-state index contributed by atoms with van der Waals surface area (Å²) in [6.07, 6.45) is 5.42. The number of ether oxygens (including phenoxy) is 2. The standard InChI is InChI=1S/C26H30N2O4/c29-24(19-6-2-1-3-7-19)27-21-10-14-28(15-11-21)25(30)26(12-4-5-13-26)20-8-9-22-23(18-20)32-17-16-31-22/h1-3,6-9,18,21H,4-5,10-17H2,(H,27,29). The van der Waals surface area contributed by atoms with Crippen molar-refractivity contribution in [1.29, 1.82) is 0 Å². The number of hydrogen-bond donors (Lipinski definition) is 1. The highest BCUT2D eigenvalue weighted by Crippen LogP contribution is 2.45. The number of likely N-dealkylation sites (tertiary alicyclic amines) is 1. The molecule has 2 heterocycles. The number of benzene rings is 2. The minimum absolute atomic E-state index is 0.0427. The third kappa shape index (κ3) is 3.94. The lowest BCUT2D eigenvalue weighted by atomic mass is 9.77. The van der Waals surface area contributed by atoms with E-state index in [0.717, 1.165) is 55.6 Å². The molecule has 1 saturated carbocycles. The zero-order valence-corrected chi connectivity index (χ0v) is 18.3. The van der Waals surface area contributed by atoms with Crippen LogP contribution in [0.15, 0.2) is 48.5 Å². The first-order valence-corrected chi connectivity index (χ1v) is 11.7. The third-order valence-corrected chi connectivity index (χ3v) is 7.11. The highest BCUT2D eigenvalue weighted by molar-refractivity contribution is 5.94. The van der Waals surface area contributed by atoms with Gasteiger partial charge >= 0.3 is 0 Å². The van der Waals surface area contributed by atoms with E-state index < -0.39 is 5.41 Å². The summed E-state index contributed by atoms with van der Waals surface area (Å²) < 4.78 is 11.5. The number of carbonyl (C=O) groups is 2. The first-order valence-electron chi connectivity index (χ1n) is 11.7. The van der Waals surface area contributed by atoms with Gasteiger partial charge in [-0.25, -0.2) is 0 Å². The summed E-state index contributed by atoms with van der Waals surface area (Å²) in [5.74, 6) is 1.68. The van der Waals surface area contributed by atoms with Crippen LogP contribution in [-0.4, -0.2) is 49.1 Å². The van der Waals surface area contributed by atoms with Gasteiger partial charge in [-0.15, -0.1) is 0 Å². The molecule has 3 aliphatic rings. The normalized spacial score (nSPS) is 20.1. The minimum Gasteiger partial charge on any atom is -0.486 e. The highest BCUT2D eigenvalue weighted by atomic mass is 16.6. The Bertz CT molecular complexity index is 977. The molecule has 6 heteroatoms. The third-order valence-electron chi connectivity index (χ3n) is 7.11. The van der Waals surface area contributed by atoms with Crippen LogP contribution in [0.1, 0.15) is 54.4 Å². The molecule has 0 atom stereocenters. The molecule has 0 aromatic heterocycles. The molecule has 1 aliphatic carbocycles. The second kappa shape index (κ2) is 8.85. The quantitative estimate of drug-likeness (QED) is 0.797. The average molecular weight is 435 g/mol. The van der Waals surface area contributed by atoms with E-state index in [1.54, 1.807) is 0 Å². The maximum atomic E-state index is 13.8. The van der Waals surface area contributed by atoms with Crippen molar-refractivity contribution in [2.75, 3.05) is 26.3 Å². The Morgan fingerprint density at radius 1 is 0.906 bits per heavy atom. The van der Waals surface area contributed by atoms with E-state index in [-0.39, 0.29) is 17.9 Å². The summed E-state index contributed by atoms with van der Waals surface area (Å²) in [5, 5.41) is 3.13. The number of rotatable bonds is 4. The van der Waals surface area contributed by atoms with E-state index in [1.807, 2.05) is 53.4 Å². The Balaban J connectivity index is 1.27. The number of carbonyl (C=O) groups excluding carboxylic acids is 2. The Morgan fingerprint density at radius 3 is 2.31 bits per heavy atom. The van der Waals surface area contributed by atoms with Gasteiger partial charge in [0.25, 0.3) is 5.91 Å². The summed E-state index contributed by atoms with van der Waals surface area (Å²) in [7, 11) is 0. The number of fused-ring (bicyclic) bond motifs is 1. The fraction of sp³-hybridized carbons (Fsp3) is 0.462. The molecule has 0 unspecified atom stereocenters. The maximum Gasteiger partial charge on any atom is 0.251 e. The lowest BCUT2D eigenvalue weighted by Crippen LogP contribution is -2.51. The van der Waals surface area contributed by atoms with Crippen molar-refractivity contribution in [3.8, 4) is 11.5 Å². The van der Waals surface area contributed by atoms with Crippen LogP contribution in [0.5, 0.6) is 11.5 Å². The lowest BCUT2D eigenvalue weighted by Gasteiger charge is -2.39. The van der Waals surface area contributed by atoms with Crippen molar-refractivity contribution in [2.24, 2.45) is 0 Å². The van der Waals surface area contributed by atoms with E-state index in [2.05, 4.69) is 5.32 Å². The summed E-state index contributed by atoms with van der Waals surface area (Å²) in [4.78, 5) is 28.3. The van der Waals surface area contributed by atoms with Gasteiger partial charge in [0.1, 0.15) is 13.2 Å². The van der Waals surface area contributed by atoms with Crippen LogP contribution in [0, 0.1) is 0 Å². The first-order chi connectivity index (χ1) is 15.7. The largest absolute Gasteiger partial charge is 0.486 e. The molecule has 0 radical (unpaired) electrons. The molecule has 168 valence electrons. The minimum atomic E-state index is -0.476. The Kier molecular flexibility index (Phi) is 5.77. The van der Waals surface area contributed by atoms with Crippen molar-refractivity contribution in [3.63, 3.8) is 0 Å². The predicted octanol–water partition coefficient (Wildman–Crippen LogP) is 3.69. The average Bonchev–Trinajstić information content (AvgIpc) is 3.35. The van der Waals surface area contributed by atoms with Crippen LogP contribution in [0.2, 0.25) is 0 Å². The number of nitrogens with one attached hydrogen (secondary N) is 1. The Labute approximate surface area is 188 Å². The Morgan fingerprint density at radius 2 is 1.59 bits per heavy atom. The molecule has 2 aromatic carbocycles. The second-order valence-electron chi connectivity index (χ2n) is 9.05.